The van der Waals surface area contributed by atoms with Gasteiger partial charge in [0, 0.05) is 0 Å². The normalized spacial score (nSPS) is 15.6. The molecular weight excluding hydrogens is 368 g/mol. The van der Waals surface area contributed by atoms with Gasteiger partial charge in [-0.25, -0.2) is 9.18 Å². The third-order valence-electron chi connectivity index (χ3n) is 2.28. The summed E-state index contributed by atoms with van der Waals surface area (Å²) in [6.45, 7) is 0. The van der Waals surface area contributed by atoms with Gasteiger partial charge in [0.2, 0.25) is 0 Å². The first-order chi connectivity index (χ1) is 9.88. The Labute approximate surface area is 118 Å². The van der Waals surface area contributed by atoms with E-state index in [0.717, 1.165) is 0 Å². The maximum Gasteiger partial charge on any atom is 0.460 e. The van der Waals surface area contributed by atoms with E-state index in [1.165, 1.54) is 0 Å². The number of hydrogen-bond donors (Lipinski definition) is 0. The summed E-state index contributed by atoms with van der Waals surface area (Å²) in [7, 11) is 0.412. The van der Waals surface area contributed by atoms with Gasteiger partial charge in [0.1, 0.15) is 0 Å². The SMILES string of the molecule is COC(=O)/C=C(\F)C(F)(F)C(F)(F)C(F)(F)C(F)(F)C(F)(F)F. The van der Waals surface area contributed by atoms with Gasteiger partial charge in [-0.05, 0) is 0 Å². The maximum atomic E-state index is 12.9. The van der Waals surface area contributed by atoms with Crippen LogP contribution in [0.5, 0.6) is 0 Å². The maximum absolute atomic E-state index is 12.9. The van der Waals surface area contributed by atoms with Crippen molar-refractivity contribution in [3.05, 3.63) is 11.9 Å². The monoisotopic (exact) mass is 372 g/mol. The summed E-state index contributed by atoms with van der Waals surface area (Å²) >= 11 is 0. The van der Waals surface area contributed by atoms with Gasteiger partial charge >= 0.3 is 35.8 Å². The average molecular weight is 372 g/mol. The minimum atomic E-state index is -7.75. The zero-order valence-electron chi connectivity index (χ0n) is 10.4. The molecule has 0 aromatic carbocycles. The van der Waals surface area contributed by atoms with E-state index in [0.29, 0.717) is 7.11 Å². The number of methoxy groups -OCH3 is 1. The van der Waals surface area contributed by atoms with E-state index in [4.69, 9.17) is 0 Å². The van der Waals surface area contributed by atoms with E-state index >= 15 is 0 Å². The Balaban J connectivity index is 6.14. The van der Waals surface area contributed by atoms with E-state index in [1.54, 1.807) is 0 Å². The molecule has 0 aliphatic heterocycles. The molecule has 0 fully saturated rings. The van der Waals surface area contributed by atoms with E-state index in [2.05, 4.69) is 4.74 Å². The molecule has 0 N–H and O–H groups in total. The molecule has 0 saturated heterocycles. The number of hydrogen-bond acceptors (Lipinski definition) is 2. The van der Waals surface area contributed by atoms with Crippen LogP contribution in [0.1, 0.15) is 0 Å². The first-order valence-electron chi connectivity index (χ1n) is 4.91. The van der Waals surface area contributed by atoms with Crippen LogP contribution in [0, 0.1) is 0 Å². The van der Waals surface area contributed by atoms with Gasteiger partial charge in [0.15, 0.2) is 5.83 Å². The number of carbonyl (C=O) groups is 1. The summed E-state index contributed by atoms with van der Waals surface area (Å²) in [4.78, 5) is 10.4. The van der Waals surface area contributed by atoms with Crippen molar-refractivity contribution >= 4 is 5.97 Å². The molecule has 0 unspecified atom stereocenters. The number of esters is 1. The summed E-state index contributed by atoms with van der Waals surface area (Å²) in [5, 5.41) is 0. The summed E-state index contributed by atoms with van der Waals surface area (Å²) in [5.74, 6) is -35.6. The number of rotatable bonds is 5. The van der Waals surface area contributed by atoms with Crippen molar-refractivity contribution in [1.29, 1.82) is 0 Å². The van der Waals surface area contributed by atoms with Crippen LogP contribution in [0.4, 0.5) is 52.7 Å². The summed E-state index contributed by atoms with van der Waals surface area (Å²) in [6.07, 6.45) is -8.46. The molecule has 0 spiro atoms. The van der Waals surface area contributed by atoms with Crippen molar-refractivity contribution in [3.8, 4) is 0 Å². The molecule has 14 heteroatoms. The van der Waals surface area contributed by atoms with Gasteiger partial charge in [0.25, 0.3) is 0 Å². The van der Waals surface area contributed by atoms with E-state index in [-0.39, 0.29) is 0 Å². The van der Waals surface area contributed by atoms with Crippen LogP contribution in [0.3, 0.4) is 0 Å². The van der Waals surface area contributed by atoms with Crippen molar-refractivity contribution in [2.24, 2.45) is 0 Å². The lowest BCUT2D eigenvalue weighted by Crippen LogP contribution is -2.66. The molecule has 2 nitrogen and oxygen atoms in total. The Morgan fingerprint density at radius 2 is 1.17 bits per heavy atom. The molecule has 0 heterocycles. The molecule has 0 atom stereocenters. The minimum Gasteiger partial charge on any atom is -0.466 e. The predicted octanol–water partition coefficient (Wildman–Crippen LogP) is 4.12. The fraction of sp³-hybridized carbons (Fsp3) is 0.667. The third-order valence-corrected chi connectivity index (χ3v) is 2.28. The van der Waals surface area contributed by atoms with Crippen molar-refractivity contribution in [2.45, 2.75) is 29.9 Å². The molecule has 0 rings (SSSR count). The lowest BCUT2D eigenvalue weighted by molar-refractivity contribution is -0.419. The lowest BCUT2D eigenvalue weighted by atomic mass is 9.97. The fourth-order valence-electron chi connectivity index (χ4n) is 0.975. The quantitative estimate of drug-likeness (QED) is 0.413. The smallest absolute Gasteiger partial charge is 0.460 e. The predicted molar refractivity (Wildman–Crippen MR) is 47.1 cm³/mol. The molecule has 0 aliphatic rings. The molecule has 23 heavy (non-hydrogen) atoms. The van der Waals surface area contributed by atoms with E-state index in [1.807, 2.05) is 0 Å². The van der Waals surface area contributed by atoms with Crippen molar-refractivity contribution < 1.29 is 62.2 Å². The Hall–Kier alpha value is -1.63. The number of carbonyl (C=O) groups excluding carboxylic acids is 1. The molecule has 0 aromatic rings. The van der Waals surface area contributed by atoms with Crippen LogP contribution < -0.4 is 0 Å². The molecule has 0 radical (unpaired) electrons. The number of halogens is 12. The molecule has 136 valence electrons. The Bertz CT molecular complexity index is 489. The Kier molecular flexibility index (Phi) is 5.37. The van der Waals surface area contributed by atoms with Crippen molar-refractivity contribution in [1.82, 2.24) is 0 Å². The summed E-state index contributed by atoms with van der Waals surface area (Å²) < 4.78 is 153. The summed E-state index contributed by atoms with van der Waals surface area (Å²) in [6, 6.07) is 0. The molecule has 0 amide bonds. The van der Waals surface area contributed by atoms with Crippen molar-refractivity contribution in [3.63, 3.8) is 0 Å². The highest BCUT2D eigenvalue weighted by molar-refractivity contribution is 5.82. The van der Waals surface area contributed by atoms with Crippen LogP contribution in [0.15, 0.2) is 11.9 Å². The largest absolute Gasteiger partial charge is 0.466 e. The van der Waals surface area contributed by atoms with Crippen LogP contribution >= 0.6 is 0 Å². The van der Waals surface area contributed by atoms with Crippen LogP contribution in [-0.2, 0) is 9.53 Å². The first-order valence-corrected chi connectivity index (χ1v) is 4.91. The number of ether oxygens (including phenoxy) is 1. The van der Waals surface area contributed by atoms with Gasteiger partial charge in [-0.2, -0.15) is 48.3 Å². The third kappa shape index (κ3) is 3.20. The van der Waals surface area contributed by atoms with Gasteiger partial charge in [-0.1, -0.05) is 0 Å². The average Bonchev–Trinajstić information content (AvgIpc) is 2.36. The molecule has 0 saturated carbocycles. The highest BCUT2D eigenvalue weighted by Crippen LogP contribution is 2.58. The van der Waals surface area contributed by atoms with Crippen LogP contribution in [0.25, 0.3) is 0 Å². The molecule has 0 aromatic heterocycles. The zero-order valence-corrected chi connectivity index (χ0v) is 10.4. The van der Waals surface area contributed by atoms with E-state index in [9.17, 15) is 57.5 Å². The second-order valence-electron chi connectivity index (χ2n) is 3.81. The van der Waals surface area contributed by atoms with Crippen molar-refractivity contribution in [2.75, 3.05) is 7.11 Å². The Morgan fingerprint density at radius 3 is 1.48 bits per heavy atom. The second-order valence-corrected chi connectivity index (χ2v) is 3.81. The minimum absolute atomic E-state index is 0.412. The molecule has 0 bridgehead atoms. The molecule has 0 aliphatic carbocycles. The zero-order chi connectivity index (χ0) is 19.1. The lowest BCUT2D eigenvalue weighted by Gasteiger charge is -2.36. The first kappa shape index (κ1) is 21.4. The van der Waals surface area contributed by atoms with Gasteiger partial charge < -0.3 is 4.74 Å². The van der Waals surface area contributed by atoms with Gasteiger partial charge in [-0.3, -0.25) is 0 Å². The van der Waals surface area contributed by atoms with E-state index < -0.39 is 47.7 Å². The van der Waals surface area contributed by atoms with Crippen LogP contribution in [0.2, 0.25) is 0 Å². The second kappa shape index (κ2) is 5.78. The van der Waals surface area contributed by atoms with Gasteiger partial charge in [-0.15, -0.1) is 0 Å². The standard InChI is InChI=1S/C9H4F12O2/c1-23-4(22)2-3(10)5(11,12)6(13,14)7(15,16)8(17,18)9(19,20)21/h2H,1H3/b3-2-. The highest BCUT2D eigenvalue weighted by atomic mass is 19.4. The highest BCUT2D eigenvalue weighted by Gasteiger charge is 2.87. The van der Waals surface area contributed by atoms with Crippen LogP contribution in [-0.4, -0.2) is 42.9 Å². The number of allylic oxidation sites excluding steroid dienone is 1. The van der Waals surface area contributed by atoms with Gasteiger partial charge in [0.05, 0.1) is 13.2 Å². The topological polar surface area (TPSA) is 26.3 Å². The summed E-state index contributed by atoms with van der Waals surface area (Å²) in [5.41, 5.74) is 0. The fourth-order valence-corrected chi connectivity index (χ4v) is 0.975. The number of alkyl halides is 11. The Morgan fingerprint density at radius 1 is 0.783 bits per heavy atom. The molecular formula is C9H4F12O2.